The van der Waals surface area contributed by atoms with Gasteiger partial charge in [-0.3, -0.25) is 38.6 Å². The van der Waals surface area contributed by atoms with Gasteiger partial charge >= 0.3 is 0 Å². The van der Waals surface area contributed by atoms with Gasteiger partial charge in [-0.1, -0.05) is 74.3 Å². The molecule has 0 bridgehead atoms. The average molecular weight is 1710 g/mol. The molecule has 4 N–H and O–H groups in total. The number of pyridine rings is 6. The van der Waals surface area contributed by atoms with Crippen LogP contribution >= 0.6 is 0 Å². The largest absolute Gasteiger partial charge is 0.486 e. The highest BCUT2D eigenvalue weighted by atomic mass is 16.5. The first-order chi connectivity index (χ1) is 60.1. The maximum atomic E-state index is 13.7. The summed E-state index contributed by atoms with van der Waals surface area (Å²) in [6.07, 6.45) is 15.3. The van der Waals surface area contributed by atoms with Gasteiger partial charge in [0.25, 0.3) is 16.7 Å². The summed E-state index contributed by atoms with van der Waals surface area (Å²) < 4.78 is 19.8. The number of hydrogen-bond acceptors (Lipinski definition) is 18. The van der Waals surface area contributed by atoms with Gasteiger partial charge in [0.15, 0.2) is 17.3 Å². The van der Waals surface area contributed by atoms with Gasteiger partial charge in [-0.2, -0.15) is 0 Å². The van der Waals surface area contributed by atoms with Crippen molar-refractivity contribution in [3.05, 3.63) is 237 Å². The minimum atomic E-state index is -0.531. The molecule has 126 heavy (non-hydrogen) atoms. The lowest BCUT2D eigenvalue weighted by Crippen LogP contribution is -2.49. The maximum absolute atomic E-state index is 13.7. The summed E-state index contributed by atoms with van der Waals surface area (Å²) in [6, 6.07) is 31.6. The molecule has 6 aromatic heterocycles. The second-order valence-corrected chi connectivity index (χ2v) is 37.9. The third-order valence-electron chi connectivity index (χ3n) is 27.2. The molecule has 21 heteroatoms. The fourth-order valence-corrected chi connectivity index (χ4v) is 18.6. The second-order valence-electron chi connectivity index (χ2n) is 37.9. The maximum Gasteiger partial charge on any atom is 0.251 e. The van der Waals surface area contributed by atoms with Crippen molar-refractivity contribution in [2.24, 2.45) is 11.8 Å². The number of aromatic amines is 3. The van der Waals surface area contributed by atoms with Gasteiger partial charge in [-0.25, -0.2) is 15.0 Å². The highest BCUT2D eigenvalue weighted by Gasteiger charge is 2.43. The average Bonchev–Trinajstić information content (AvgIpc) is 1.62. The van der Waals surface area contributed by atoms with E-state index < -0.39 is 5.60 Å². The second kappa shape index (κ2) is 40.2. The lowest BCUT2D eigenvalue weighted by molar-refractivity contribution is 0.0649. The summed E-state index contributed by atoms with van der Waals surface area (Å²) in [5.41, 5.74) is 17.9. The summed E-state index contributed by atoms with van der Waals surface area (Å²) >= 11 is 0. The Kier molecular flexibility index (Phi) is 29.6. The van der Waals surface area contributed by atoms with E-state index in [1.54, 1.807) is 0 Å². The fraction of sp³-hybridized carbons (Fsp3) is 0.495. The van der Waals surface area contributed by atoms with Gasteiger partial charge in [-0.15, -0.1) is 0 Å². The summed E-state index contributed by atoms with van der Waals surface area (Å²) in [5, 5.41) is 3.37. The summed E-state index contributed by atoms with van der Waals surface area (Å²) in [5.74, 6) is 6.12. The van der Waals surface area contributed by atoms with Crippen LogP contribution in [0.5, 0.6) is 17.2 Å². The Morgan fingerprint density at radius 2 is 0.730 bits per heavy atom. The number of ketones is 3. The number of ether oxygens (including phenoxy) is 3. The molecule has 15 rings (SSSR count). The first-order valence-corrected chi connectivity index (χ1v) is 46.5. The molecule has 3 saturated heterocycles. The molecular weight excluding hydrogens is 1570 g/mol. The van der Waals surface area contributed by atoms with Crippen molar-refractivity contribution >= 4 is 34.8 Å². The van der Waals surface area contributed by atoms with E-state index in [1.807, 2.05) is 114 Å². The molecule has 0 spiro atoms. The van der Waals surface area contributed by atoms with E-state index in [-0.39, 0.29) is 64.5 Å². The van der Waals surface area contributed by atoms with Gasteiger partial charge in [0, 0.05) is 232 Å². The number of aryl methyl sites for hydroxylation is 6. The minimum Gasteiger partial charge on any atom is -0.486 e. The van der Waals surface area contributed by atoms with Gasteiger partial charge in [0.2, 0.25) is 0 Å². The molecule has 670 valence electrons. The van der Waals surface area contributed by atoms with Crippen molar-refractivity contribution in [2.75, 3.05) is 93.2 Å². The molecule has 9 aromatic rings. The van der Waals surface area contributed by atoms with Crippen LogP contribution in [0.1, 0.15) is 241 Å². The van der Waals surface area contributed by atoms with Crippen molar-refractivity contribution in [2.45, 2.75) is 250 Å². The van der Waals surface area contributed by atoms with Crippen molar-refractivity contribution < 1.29 is 28.6 Å². The predicted octanol–water partition coefficient (Wildman–Crippen LogP) is 18.0. The van der Waals surface area contributed by atoms with E-state index in [1.165, 1.54) is 0 Å². The molecule has 3 aromatic carbocycles. The van der Waals surface area contributed by atoms with E-state index in [0.717, 1.165) is 265 Å². The smallest absolute Gasteiger partial charge is 0.251 e. The normalized spacial score (nSPS) is 18.6. The van der Waals surface area contributed by atoms with Gasteiger partial charge in [0.1, 0.15) is 51.5 Å². The number of rotatable bonds is 29. The van der Waals surface area contributed by atoms with Gasteiger partial charge in [0.05, 0.1) is 0 Å². The summed E-state index contributed by atoms with van der Waals surface area (Å²) in [7, 11) is 0. The highest BCUT2D eigenvalue weighted by Crippen LogP contribution is 2.50. The van der Waals surface area contributed by atoms with Crippen LogP contribution < -0.4 is 50.9 Å². The number of benzene rings is 3. The van der Waals surface area contributed by atoms with Gasteiger partial charge in [-0.05, 0) is 256 Å². The van der Waals surface area contributed by atoms with Crippen LogP contribution in [0.25, 0.3) is 33.4 Å². The van der Waals surface area contributed by atoms with E-state index in [0.29, 0.717) is 71.9 Å². The molecule has 21 nitrogen and oxygen atoms in total. The number of aromatic nitrogens is 6. The zero-order valence-corrected chi connectivity index (χ0v) is 78.3. The van der Waals surface area contributed by atoms with Crippen molar-refractivity contribution in [3.63, 3.8) is 0 Å². The lowest BCUT2D eigenvalue weighted by atomic mass is 9.87. The molecule has 0 radical (unpaired) electrons. The number of piperazine rings is 3. The standard InChI is InChI=1S/2C36H48N4O3.C33H40N4O3/c2*1-8-9-26-18-25(6)38-35(42)30(26)11-12-32(41)28-19-29-21-36(7,23(2)3)43-34(29)31(20-28)27-10-13-33(37-22-27)40-16-14-39(15-17-40)24(4)5;1-6-7-23-16-22(4)36-32(39)27(23)9-10-29(38)25-17-26-19-33(5,21(2)3)40-31(26)28(18-25)24-8-11-30(35-20-24)37-14-12-34-13-15-37/h2*10,13,18-20,22-24H,8-9,11-12,14-17,21H2,1-7H3,(H,38,42);8,11,16-18,20,34H,2,6-7,9-10,12-15,19H2,1,3-5H3,(H,36,39). The molecule has 3 fully saturated rings. The Morgan fingerprint density at radius 3 is 1.02 bits per heavy atom. The number of Topliss-reactive ketones (excluding diaryl/α,β-unsaturated/α-hetero) is 3. The van der Waals surface area contributed by atoms with E-state index in [4.69, 9.17) is 29.2 Å². The summed E-state index contributed by atoms with van der Waals surface area (Å²) in [4.78, 5) is 115. The first kappa shape index (κ1) is 93.0. The number of carbonyl (C=O) groups is 3. The Morgan fingerprint density at radius 1 is 0.421 bits per heavy atom. The van der Waals surface area contributed by atoms with Crippen LogP contribution in [-0.2, 0) is 57.8 Å². The molecule has 0 aliphatic carbocycles. The van der Waals surface area contributed by atoms with Crippen LogP contribution in [0.2, 0.25) is 0 Å². The molecule has 0 amide bonds. The number of H-pyrrole nitrogens is 3. The SMILES string of the molecule is C=C(C)C1(C)Cc2cc(C(=O)CCc3c(CCC)cc(C)[nH]c3=O)cc(-c3ccc(N4CCNCC4)nc3)c2O1.CCCc1cc(C)[nH]c(=O)c1CCC(=O)c1cc2c(c(-c3ccc(N4CCN(C(C)C)CC4)nc3)c1)OC(C)(C(C)C)C2.CCCc1cc(C)[nH]c(=O)c1CCC(=O)c1cc2c(c(-c3ccc(N4CCN(C(C)C)CC4)nc3)c1)OC(C)(C(C)C)C2. The van der Waals surface area contributed by atoms with Crippen LogP contribution in [-0.4, -0.2) is 164 Å². The minimum absolute atomic E-state index is 0.0146. The van der Waals surface area contributed by atoms with Crippen molar-refractivity contribution in [3.8, 4) is 50.6 Å². The molecule has 0 saturated carbocycles. The van der Waals surface area contributed by atoms with Crippen LogP contribution in [0.4, 0.5) is 17.5 Å². The topological polar surface area (TPSA) is 244 Å². The number of fused-ring (bicyclic) bond motifs is 3. The molecule has 3 unspecified atom stereocenters. The van der Waals surface area contributed by atoms with Crippen LogP contribution in [0, 0.1) is 32.6 Å². The van der Waals surface area contributed by atoms with Crippen molar-refractivity contribution in [1.82, 2.24) is 45.0 Å². The van der Waals surface area contributed by atoms with Crippen LogP contribution in [0.3, 0.4) is 0 Å². The molecule has 3 atom stereocenters. The Hall–Kier alpha value is -10.6. The monoisotopic (exact) mass is 1710 g/mol. The zero-order valence-electron chi connectivity index (χ0n) is 78.3. The number of nitrogens with zero attached hydrogens (tertiary/aromatic N) is 8. The van der Waals surface area contributed by atoms with E-state index in [9.17, 15) is 28.8 Å². The van der Waals surface area contributed by atoms with Gasteiger partial charge < -0.3 is 49.2 Å². The Balaban J connectivity index is 0.000000162. The Bertz CT molecular complexity index is 5380. The van der Waals surface area contributed by atoms with E-state index >= 15 is 0 Å². The fourth-order valence-electron chi connectivity index (χ4n) is 18.6. The molecule has 12 heterocycles. The summed E-state index contributed by atoms with van der Waals surface area (Å²) in [6.45, 7) is 54.0. The third-order valence-corrected chi connectivity index (χ3v) is 27.2. The third kappa shape index (κ3) is 21.3. The lowest BCUT2D eigenvalue weighted by Gasteiger charge is -2.37. The number of nitrogens with one attached hydrogen (secondary N) is 4. The first-order valence-electron chi connectivity index (χ1n) is 46.5. The number of anilines is 3. The van der Waals surface area contributed by atoms with E-state index in [2.05, 4.69) is 172 Å². The molecule has 6 aliphatic rings. The number of hydrogen-bond donors (Lipinski definition) is 4. The van der Waals surface area contributed by atoms with Crippen LogP contribution in [0.15, 0.2) is 136 Å². The number of carbonyl (C=O) groups excluding carboxylic acids is 3. The van der Waals surface area contributed by atoms with Crippen molar-refractivity contribution in [1.29, 1.82) is 0 Å². The molecule has 6 aliphatic heterocycles. The molecular formula is C105H136N12O9. The zero-order chi connectivity index (χ0) is 90.2. The quantitative estimate of drug-likeness (QED) is 0.0251. The highest BCUT2D eigenvalue weighted by molar-refractivity contribution is 6.00. The Labute approximate surface area is 746 Å². The predicted molar refractivity (Wildman–Crippen MR) is 510 cm³/mol.